The molecule has 21 heavy (non-hydrogen) atoms. The first-order valence-corrected chi connectivity index (χ1v) is 7.03. The number of nitrogen functional groups attached to an aromatic ring is 1. The fourth-order valence-corrected chi connectivity index (χ4v) is 2.50. The third-order valence-corrected chi connectivity index (χ3v) is 3.85. The third kappa shape index (κ3) is 2.52. The average Bonchev–Trinajstić information content (AvgIpc) is 2.84. The molecule has 0 aliphatic heterocycles. The van der Waals surface area contributed by atoms with Crippen LogP contribution in [0.1, 0.15) is 11.1 Å². The Morgan fingerprint density at radius 3 is 2.52 bits per heavy atom. The molecule has 0 saturated heterocycles. The topological polar surface area (TPSA) is 52.0 Å². The van der Waals surface area contributed by atoms with Crippen LogP contribution in [0.3, 0.4) is 0 Å². The molecule has 0 unspecified atom stereocenters. The molecule has 3 rings (SSSR count). The summed E-state index contributed by atoms with van der Waals surface area (Å²) in [6, 6.07) is 13.7. The molecule has 1 heterocycles. The summed E-state index contributed by atoms with van der Waals surface area (Å²) >= 11 is 6.07. The monoisotopic (exact) mass is 298 g/mol. The molecule has 0 saturated carbocycles. The quantitative estimate of drug-likeness (QED) is 0.735. The number of nitrogens with zero attached hydrogens (tertiary/aromatic N) is 1. The standard InChI is InChI=1S/C17H15ClN2O/c1-10-6-7-13(8-11(10)2)16-15(17(19)21-20-16)12-4-3-5-14(18)9-12/h3-9H,19H2,1-2H3. The highest BCUT2D eigenvalue weighted by atomic mass is 35.5. The van der Waals surface area contributed by atoms with E-state index >= 15 is 0 Å². The third-order valence-electron chi connectivity index (χ3n) is 3.61. The number of hydrogen-bond acceptors (Lipinski definition) is 3. The van der Waals surface area contributed by atoms with Crippen molar-refractivity contribution in [2.24, 2.45) is 0 Å². The fourth-order valence-electron chi connectivity index (χ4n) is 2.31. The number of rotatable bonds is 2. The predicted octanol–water partition coefficient (Wildman–Crippen LogP) is 4.86. The van der Waals surface area contributed by atoms with Crippen LogP contribution in [0, 0.1) is 13.8 Å². The van der Waals surface area contributed by atoms with Crippen LogP contribution in [0.15, 0.2) is 47.0 Å². The second-order valence-electron chi connectivity index (χ2n) is 5.08. The van der Waals surface area contributed by atoms with Gasteiger partial charge in [-0.05, 0) is 48.7 Å². The van der Waals surface area contributed by atoms with Gasteiger partial charge in [0.15, 0.2) is 0 Å². The number of aryl methyl sites for hydroxylation is 2. The first kappa shape index (κ1) is 13.7. The van der Waals surface area contributed by atoms with Crippen molar-refractivity contribution in [3.63, 3.8) is 0 Å². The molecule has 0 radical (unpaired) electrons. The molecule has 0 aliphatic carbocycles. The van der Waals surface area contributed by atoms with E-state index in [2.05, 4.69) is 31.1 Å². The molecule has 4 heteroatoms. The number of aromatic nitrogens is 1. The van der Waals surface area contributed by atoms with Crippen molar-refractivity contribution in [1.82, 2.24) is 5.16 Å². The first-order valence-electron chi connectivity index (χ1n) is 6.65. The lowest BCUT2D eigenvalue weighted by Crippen LogP contribution is -1.89. The lowest BCUT2D eigenvalue weighted by molar-refractivity contribution is 0.439. The second-order valence-corrected chi connectivity index (χ2v) is 5.52. The maximum Gasteiger partial charge on any atom is 0.230 e. The zero-order chi connectivity index (χ0) is 15.0. The molecule has 106 valence electrons. The van der Waals surface area contributed by atoms with Gasteiger partial charge in [0.25, 0.3) is 0 Å². The van der Waals surface area contributed by atoms with E-state index < -0.39 is 0 Å². The van der Waals surface area contributed by atoms with Gasteiger partial charge < -0.3 is 10.3 Å². The van der Waals surface area contributed by atoms with Gasteiger partial charge >= 0.3 is 0 Å². The maximum absolute atomic E-state index is 6.07. The van der Waals surface area contributed by atoms with Gasteiger partial charge in [0.1, 0.15) is 5.69 Å². The van der Waals surface area contributed by atoms with E-state index in [-0.39, 0.29) is 0 Å². The Balaban J connectivity index is 2.19. The van der Waals surface area contributed by atoms with Crippen molar-refractivity contribution >= 4 is 17.5 Å². The Hall–Kier alpha value is -2.26. The minimum absolute atomic E-state index is 0.297. The number of benzene rings is 2. The summed E-state index contributed by atoms with van der Waals surface area (Å²) in [6.07, 6.45) is 0. The van der Waals surface area contributed by atoms with Crippen LogP contribution in [0.4, 0.5) is 5.88 Å². The van der Waals surface area contributed by atoms with Crippen LogP contribution in [0.5, 0.6) is 0 Å². The summed E-state index contributed by atoms with van der Waals surface area (Å²) < 4.78 is 5.20. The van der Waals surface area contributed by atoms with Gasteiger partial charge in [0.2, 0.25) is 5.88 Å². The molecular formula is C17H15ClN2O. The molecule has 2 aromatic carbocycles. The van der Waals surface area contributed by atoms with Crippen molar-refractivity contribution in [2.75, 3.05) is 5.73 Å². The van der Waals surface area contributed by atoms with Gasteiger partial charge in [0.05, 0.1) is 5.56 Å². The maximum atomic E-state index is 6.07. The normalized spacial score (nSPS) is 10.8. The van der Waals surface area contributed by atoms with E-state index in [1.807, 2.05) is 30.3 Å². The van der Waals surface area contributed by atoms with Crippen LogP contribution in [0.25, 0.3) is 22.4 Å². The van der Waals surface area contributed by atoms with Gasteiger partial charge in [-0.1, -0.05) is 41.0 Å². The fraction of sp³-hybridized carbons (Fsp3) is 0.118. The molecule has 0 bridgehead atoms. The van der Waals surface area contributed by atoms with Crippen molar-refractivity contribution < 1.29 is 4.52 Å². The van der Waals surface area contributed by atoms with Crippen LogP contribution >= 0.6 is 11.6 Å². The number of hydrogen-bond donors (Lipinski definition) is 1. The minimum atomic E-state index is 0.297. The summed E-state index contributed by atoms with van der Waals surface area (Å²) in [5, 5.41) is 4.77. The first-order chi connectivity index (χ1) is 10.1. The van der Waals surface area contributed by atoms with Crippen LogP contribution in [-0.2, 0) is 0 Å². The molecular weight excluding hydrogens is 284 g/mol. The number of nitrogens with two attached hydrogens (primary N) is 1. The number of anilines is 1. The van der Waals surface area contributed by atoms with Crippen LogP contribution in [0.2, 0.25) is 5.02 Å². The highest BCUT2D eigenvalue weighted by Gasteiger charge is 2.17. The molecule has 0 spiro atoms. The largest absolute Gasteiger partial charge is 0.367 e. The van der Waals surface area contributed by atoms with E-state index in [1.165, 1.54) is 11.1 Å². The van der Waals surface area contributed by atoms with Crippen molar-refractivity contribution in [3.05, 3.63) is 58.6 Å². The highest BCUT2D eigenvalue weighted by molar-refractivity contribution is 6.30. The van der Waals surface area contributed by atoms with Gasteiger partial charge in [-0.25, -0.2) is 0 Å². The molecule has 0 atom stereocenters. The second kappa shape index (κ2) is 5.26. The van der Waals surface area contributed by atoms with E-state index in [1.54, 1.807) is 0 Å². The lowest BCUT2D eigenvalue weighted by Gasteiger charge is -2.06. The van der Waals surface area contributed by atoms with Gasteiger partial charge in [0, 0.05) is 10.6 Å². The van der Waals surface area contributed by atoms with Crippen molar-refractivity contribution in [2.45, 2.75) is 13.8 Å². The average molecular weight is 299 g/mol. The molecule has 1 aromatic heterocycles. The zero-order valence-corrected chi connectivity index (χ0v) is 12.6. The summed E-state index contributed by atoms with van der Waals surface area (Å²) in [4.78, 5) is 0. The van der Waals surface area contributed by atoms with E-state index in [0.29, 0.717) is 10.9 Å². The lowest BCUT2D eigenvalue weighted by atomic mass is 9.98. The molecule has 3 nitrogen and oxygen atoms in total. The Labute approximate surface area is 128 Å². The van der Waals surface area contributed by atoms with Crippen molar-refractivity contribution in [1.29, 1.82) is 0 Å². The smallest absolute Gasteiger partial charge is 0.230 e. The predicted molar refractivity (Wildman–Crippen MR) is 86.3 cm³/mol. The zero-order valence-electron chi connectivity index (χ0n) is 11.9. The van der Waals surface area contributed by atoms with Gasteiger partial charge in [-0.15, -0.1) is 0 Å². The molecule has 2 N–H and O–H groups in total. The van der Waals surface area contributed by atoms with E-state index in [0.717, 1.165) is 22.4 Å². The Morgan fingerprint density at radius 2 is 1.81 bits per heavy atom. The van der Waals surface area contributed by atoms with Gasteiger partial charge in [-0.3, -0.25) is 0 Å². The van der Waals surface area contributed by atoms with E-state index in [9.17, 15) is 0 Å². The Kier molecular flexibility index (Phi) is 3.43. The van der Waals surface area contributed by atoms with E-state index in [4.69, 9.17) is 21.9 Å². The van der Waals surface area contributed by atoms with Gasteiger partial charge in [-0.2, -0.15) is 0 Å². The summed E-state index contributed by atoms with van der Waals surface area (Å²) in [5.41, 5.74) is 11.8. The minimum Gasteiger partial charge on any atom is -0.367 e. The summed E-state index contributed by atoms with van der Waals surface area (Å²) in [6.45, 7) is 4.15. The summed E-state index contributed by atoms with van der Waals surface area (Å²) in [5.74, 6) is 0.297. The van der Waals surface area contributed by atoms with Crippen LogP contribution < -0.4 is 5.73 Å². The Morgan fingerprint density at radius 1 is 1.00 bits per heavy atom. The highest BCUT2D eigenvalue weighted by Crippen LogP contribution is 2.37. The Bertz CT molecular complexity index is 808. The van der Waals surface area contributed by atoms with Crippen LogP contribution in [-0.4, -0.2) is 5.16 Å². The summed E-state index contributed by atoms with van der Waals surface area (Å²) in [7, 11) is 0. The molecule has 0 fully saturated rings. The SMILES string of the molecule is Cc1ccc(-c2noc(N)c2-c2cccc(Cl)c2)cc1C. The number of halogens is 1. The molecule has 3 aromatic rings. The molecule has 0 amide bonds. The molecule has 0 aliphatic rings. The van der Waals surface area contributed by atoms with Crippen molar-refractivity contribution in [3.8, 4) is 22.4 Å².